The molecule has 5 aliphatic rings. The molecule has 306 valence electrons. The van der Waals surface area contributed by atoms with Crippen LogP contribution in [0.4, 0.5) is 0 Å². The summed E-state index contributed by atoms with van der Waals surface area (Å²) in [6.07, 6.45) is 5.76. The number of rotatable bonds is 8. The lowest BCUT2D eigenvalue weighted by Crippen LogP contribution is -2.50. The molecule has 56 heavy (non-hydrogen) atoms. The van der Waals surface area contributed by atoms with Crippen molar-refractivity contribution in [2.45, 2.75) is 142 Å². The number of amides is 2. The van der Waals surface area contributed by atoms with E-state index in [9.17, 15) is 27.6 Å². The first-order chi connectivity index (χ1) is 26.4. The lowest BCUT2D eigenvalue weighted by molar-refractivity contribution is -0.154. The molecule has 8 atom stereocenters. The Morgan fingerprint density at radius 2 is 1.79 bits per heavy atom. The van der Waals surface area contributed by atoms with Crippen LogP contribution in [0.1, 0.15) is 118 Å². The molecule has 3 aliphatic carbocycles. The number of esters is 1. The Morgan fingerprint density at radius 3 is 2.43 bits per heavy atom. The Bertz CT molecular complexity index is 2010. The average molecular weight is 795 g/mol. The SMILES string of the molecule is CC[C@@H]1[C@@H]2CN(C(=O)[C@H](C(C)(C)C)CC(=O)O[C@@H]3C[C@H]3CCCCCc3nc4ccc(OC)cc4nc3O2)[C@@H]1C(=O)C[C@]1(C(=O)NS(=O)(=O)C2(C)CC2)C[C@H]1C. The minimum absolute atomic E-state index is 0.0544. The highest BCUT2D eigenvalue weighted by molar-refractivity contribution is 7.91. The van der Waals surface area contributed by atoms with Crippen LogP contribution in [-0.4, -0.2) is 83.5 Å². The number of aromatic nitrogens is 2. The number of Topliss-reactive ketones (excluding diaryl/α,β-unsaturated/α-hetero) is 1. The summed E-state index contributed by atoms with van der Waals surface area (Å²) in [5, 5.41) is 0. The molecule has 2 amide bonds. The third-order valence-electron chi connectivity index (χ3n) is 13.4. The minimum Gasteiger partial charge on any atom is -0.497 e. The molecule has 0 spiro atoms. The Morgan fingerprint density at radius 1 is 1.05 bits per heavy atom. The number of sulfonamides is 1. The van der Waals surface area contributed by atoms with Gasteiger partial charge in [-0.05, 0) is 87.7 Å². The van der Waals surface area contributed by atoms with Crippen LogP contribution < -0.4 is 14.2 Å². The molecule has 1 N–H and O–H groups in total. The molecule has 4 fully saturated rings. The summed E-state index contributed by atoms with van der Waals surface area (Å²) in [6, 6.07) is 4.53. The van der Waals surface area contributed by atoms with E-state index in [-0.39, 0.29) is 43.1 Å². The maximum atomic E-state index is 14.9. The average Bonchev–Trinajstić information content (AvgIpc) is 4.09. The molecule has 2 bridgehead atoms. The molecule has 1 aromatic carbocycles. The molecule has 13 nitrogen and oxygen atoms in total. The van der Waals surface area contributed by atoms with E-state index in [0.717, 1.165) is 32.1 Å². The van der Waals surface area contributed by atoms with Gasteiger partial charge in [-0.1, -0.05) is 47.5 Å². The van der Waals surface area contributed by atoms with Gasteiger partial charge in [-0.15, -0.1) is 0 Å². The summed E-state index contributed by atoms with van der Waals surface area (Å²) in [5.74, 6) is -2.03. The van der Waals surface area contributed by atoms with Crippen molar-refractivity contribution in [2.24, 2.45) is 34.5 Å². The van der Waals surface area contributed by atoms with Crippen molar-refractivity contribution in [3.63, 3.8) is 0 Å². The smallest absolute Gasteiger partial charge is 0.306 e. The molecule has 2 aliphatic heterocycles. The van der Waals surface area contributed by atoms with Crippen molar-refractivity contribution in [2.75, 3.05) is 13.7 Å². The number of ketones is 1. The first kappa shape index (κ1) is 40.4. The van der Waals surface area contributed by atoms with Crippen molar-refractivity contribution in [3.8, 4) is 11.6 Å². The monoisotopic (exact) mass is 794 g/mol. The Labute approximate surface area is 330 Å². The fourth-order valence-corrected chi connectivity index (χ4v) is 10.3. The number of carbonyl (C=O) groups excluding carboxylic acids is 4. The van der Waals surface area contributed by atoms with E-state index in [1.807, 2.05) is 46.8 Å². The van der Waals surface area contributed by atoms with Crippen LogP contribution in [0.15, 0.2) is 18.2 Å². The second kappa shape index (κ2) is 14.8. The quantitative estimate of drug-likeness (QED) is 0.325. The number of nitrogens with zero attached hydrogens (tertiary/aromatic N) is 3. The molecule has 2 aromatic rings. The number of carbonyl (C=O) groups is 4. The summed E-state index contributed by atoms with van der Waals surface area (Å²) >= 11 is 0. The van der Waals surface area contributed by atoms with Crippen LogP contribution in [-0.2, 0) is 40.4 Å². The van der Waals surface area contributed by atoms with E-state index in [2.05, 4.69) is 4.72 Å². The van der Waals surface area contributed by atoms with Crippen LogP contribution in [0.25, 0.3) is 11.0 Å². The molecule has 14 heteroatoms. The van der Waals surface area contributed by atoms with Gasteiger partial charge in [-0.3, -0.25) is 23.9 Å². The van der Waals surface area contributed by atoms with Crippen LogP contribution in [0.3, 0.4) is 0 Å². The highest BCUT2D eigenvalue weighted by atomic mass is 32.2. The summed E-state index contributed by atoms with van der Waals surface area (Å²) in [6.45, 7) is 11.2. The number of benzene rings is 1. The molecule has 1 aromatic heterocycles. The predicted octanol–water partition coefficient (Wildman–Crippen LogP) is 5.71. The lowest BCUT2D eigenvalue weighted by atomic mass is 9.77. The molecule has 0 radical (unpaired) electrons. The summed E-state index contributed by atoms with van der Waals surface area (Å²) in [7, 11) is -2.34. The number of hydrogen-bond acceptors (Lipinski definition) is 11. The summed E-state index contributed by atoms with van der Waals surface area (Å²) in [4.78, 5) is 68.5. The highest BCUT2D eigenvalue weighted by Gasteiger charge is 2.62. The molecule has 0 unspecified atom stereocenters. The van der Waals surface area contributed by atoms with Gasteiger partial charge in [0.15, 0.2) is 5.78 Å². The van der Waals surface area contributed by atoms with Crippen molar-refractivity contribution in [1.29, 1.82) is 0 Å². The van der Waals surface area contributed by atoms with Gasteiger partial charge in [0, 0.05) is 18.4 Å². The molecule has 3 heterocycles. The largest absolute Gasteiger partial charge is 0.497 e. The van der Waals surface area contributed by atoms with Gasteiger partial charge in [0.1, 0.15) is 23.7 Å². The first-order valence-electron chi connectivity index (χ1n) is 20.5. The Balaban J connectivity index is 1.25. The summed E-state index contributed by atoms with van der Waals surface area (Å²) < 4.78 is 45.8. The number of ether oxygens (including phenoxy) is 3. The van der Waals surface area contributed by atoms with Crippen molar-refractivity contribution >= 4 is 44.6 Å². The van der Waals surface area contributed by atoms with Gasteiger partial charge in [0.2, 0.25) is 27.7 Å². The number of methoxy groups -OCH3 is 1. The highest BCUT2D eigenvalue weighted by Crippen LogP contribution is 2.57. The molecule has 1 saturated heterocycles. The molecule has 3 saturated carbocycles. The molecular formula is C42H58N4O9S. The third kappa shape index (κ3) is 7.87. The van der Waals surface area contributed by atoms with Gasteiger partial charge in [-0.2, -0.15) is 0 Å². The maximum Gasteiger partial charge on any atom is 0.306 e. The van der Waals surface area contributed by atoms with Crippen molar-refractivity contribution < 1.29 is 41.8 Å². The van der Waals surface area contributed by atoms with Gasteiger partial charge in [0.05, 0.1) is 53.2 Å². The number of nitrogens with one attached hydrogen (secondary N) is 1. The maximum absolute atomic E-state index is 14.9. The van der Waals surface area contributed by atoms with E-state index in [0.29, 0.717) is 66.4 Å². The standard InChI is InChI=1S/C42H58N4O9S/c1-8-27-34-23-46(36(27)32(47)22-42(21-24(42)2)39(50)45-56(51,52)41(6)16-17-41)38(49)28(40(3,4)5)20-35(48)54-33-18-25(33)12-10-9-11-13-30-37(55-34)44-31-19-26(53-7)14-15-29(31)43-30/h14-15,19,24-25,27-28,33-34,36H,8-13,16-18,20-23H2,1-7H3,(H,45,50)/t24-,25-,27-,28-,33-,34+,36+,42-/m1/s1. The minimum atomic E-state index is -3.92. The molecule has 7 rings (SSSR count). The number of fused-ring (bicyclic) bond motifs is 5. The van der Waals surface area contributed by atoms with E-state index in [1.165, 1.54) is 0 Å². The van der Waals surface area contributed by atoms with Gasteiger partial charge in [0.25, 0.3) is 0 Å². The Hall–Kier alpha value is -3.81. The zero-order valence-electron chi connectivity index (χ0n) is 33.9. The van der Waals surface area contributed by atoms with E-state index in [1.54, 1.807) is 25.0 Å². The molecular weight excluding hydrogens is 737 g/mol. The van der Waals surface area contributed by atoms with E-state index >= 15 is 0 Å². The van der Waals surface area contributed by atoms with Gasteiger partial charge < -0.3 is 19.1 Å². The number of hydrogen-bond donors (Lipinski definition) is 1. The topological polar surface area (TPSA) is 171 Å². The fourth-order valence-electron chi connectivity index (χ4n) is 8.94. The van der Waals surface area contributed by atoms with Crippen LogP contribution in [0.5, 0.6) is 11.6 Å². The Kier molecular flexibility index (Phi) is 10.7. The van der Waals surface area contributed by atoms with E-state index in [4.69, 9.17) is 24.2 Å². The second-order valence-electron chi connectivity index (χ2n) is 18.5. The zero-order chi connectivity index (χ0) is 40.4. The zero-order valence-corrected chi connectivity index (χ0v) is 34.7. The summed E-state index contributed by atoms with van der Waals surface area (Å²) in [5.41, 5.74) is 0.120. The van der Waals surface area contributed by atoms with Crippen LogP contribution >= 0.6 is 0 Å². The first-order valence-corrected chi connectivity index (χ1v) is 22.0. The van der Waals surface area contributed by atoms with E-state index < -0.39 is 61.5 Å². The van der Waals surface area contributed by atoms with Crippen LogP contribution in [0, 0.1) is 34.5 Å². The van der Waals surface area contributed by atoms with Gasteiger partial charge >= 0.3 is 5.97 Å². The van der Waals surface area contributed by atoms with Crippen LogP contribution in [0.2, 0.25) is 0 Å². The second-order valence-corrected chi connectivity index (χ2v) is 20.7. The van der Waals surface area contributed by atoms with Crippen molar-refractivity contribution in [3.05, 3.63) is 23.9 Å². The number of aryl methyl sites for hydroxylation is 1. The normalized spacial score (nSPS) is 31.8. The third-order valence-corrected chi connectivity index (χ3v) is 15.6. The lowest BCUT2D eigenvalue weighted by Gasteiger charge is -2.35. The fraction of sp³-hybridized carbons (Fsp3) is 0.714. The van der Waals surface area contributed by atoms with Gasteiger partial charge in [-0.25, -0.2) is 18.4 Å². The predicted molar refractivity (Wildman–Crippen MR) is 208 cm³/mol. The van der Waals surface area contributed by atoms with Crippen molar-refractivity contribution in [1.82, 2.24) is 19.6 Å².